The van der Waals surface area contributed by atoms with Crippen molar-refractivity contribution in [2.75, 3.05) is 6.54 Å². The molecule has 1 aliphatic heterocycles. The first kappa shape index (κ1) is 15.6. The number of benzene rings is 2. The van der Waals surface area contributed by atoms with E-state index in [-0.39, 0.29) is 5.91 Å². The van der Waals surface area contributed by atoms with Gasteiger partial charge in [-0.2, -0.15) is 0 Å². The molecule has 0 spiro atoms. The number of rotatable bonds is 4. The molecule has 2 aromatic rings. The van der Waals surface area contributed by atoms with Crippen molar-refractivity contribution in [2.45, 2.75) is 18.9 Å². The number of hydrogen-bond acceptors (Lipinski definition) is 3. The maximum atomic E-state index is 12.2. The van der Waals surface area contributed by atoms with E-state index in [1.807, 2.05) is 36.4 Å². The van der Waals surface area contributed by atoms with Crippen LogP contribution in [0.1, 0.15) is 21.5 Å². The summed E-state index contributed by atoms with van der Waals surface area (Å²) in [6.07, 6.45) is 0.345. The zero-order valence-electron chi connectivity index (χ0n) is 12.4. The van der Waals surface area contributed by atoms with Crippen molar-refractivity contribution in [1.29, 1.82) is 0 Å². The molecule has 1 unspecified atom stereocenters. The van der Waals surface area contributed by atoms with Crippen LogP contribution in [0.15, 0.2) is 48.5 Å². The second-order valence-electron chi connectivity index (χ2n) is 5.42. The maximum Gasteiger partial charge on any atom is 0.339 e. The first-order valence-electron chi connectivity index (χ1n) is 7.44. The van der Waals surface area contributed by atoms with Gasteiger partial charge in [-0.3, -0.25) is 4.79 Å². The number of ether oxygens (including phenoxy) is 1. The predicted octanol–water partition coefficient (Wildman–Crippen LogP) is 2.78. The van der Waals surface area contributed by atoms with Crippen molar-refractivity contribution in [3.05, 3.63) is 70.2 Å². The van der Waals surface area contributed by atoms with E-state index < -0.39 is 12.1 Å². The molecule has 1 N–H and O–H groups in total. The Bertz CT molecular complexity index is 727. The molecule has 0 aromatic heterocycles. The summed E-state index contributed by atoms with van der Waals surface area (Å²) >= 11 is 5.83. The summed E-state index contributed by atoms with van der Waals surface area (Å²) in [5.74, 6) is -0.702. The normalized spacial score (nSPS) is 16.4. The number of carbonyl (C=O) groups excluding carboxylic acids is 2. The average molecular weight is 330 g/mol. The number of hydrogen-bond donors (Lipinski definition) is 1. The van der Waals surface area contributed by atoms with Crippen LogP contribution in [0.2, 0.25) is 5.02 Å². The Hall–Kier alpha value is -2.33. The minimum absolute atomic E-state index is 0.262. The number of amides is 1. The van der Waals surface area contributed by atoms with Gasteiger partial charge >= 0.3 is 5.97 Å². The third-order valence-electron chi connectivity index (χ3n) is 3.81. The highest BCUT2D eigenvalue weighted by molar-refractivity contribution is 6.30. The number of carbonyl (C=O) groups is 2. The van der Waals surface area contributed by atoms with Gasteiger partial charge in [0.05, 0.1) is 5.56 Å². The largest absolute Gasteiger partial charge is 0.448 e. The third-order valence-corrected chi connectivity index (χ3v) is 4.06. The van der Waals surface area contributed by atoms with E-state index in [4.69, 9.17) is 16.3 Å². The summed E-state index contributed by atoms with van der Waals surface area (Å²) in [6.45, 7) is 0.482. The van der Waals surface area contributed by atoms with Crippen LogP contribution in [-0.2, 0) is 22.4 Å². The van der Waals surface area contributed by atoms with Gasteiger partial charge in [0.15, 0.2) is 6.10 Å². The Morgan fingerprint density at radius 1 is 1.17 bits per heavy atom. The molecule has 1 atom stereocenters. The van der Waals surface area contributed by atoms with Crippen LogP contribution in [0.3, 0.4) is 0 Å². The molecule has 0 saturated carbocycles. The fraction of sp³-hybridized carbons (Fsp3) is 0.222. The number of fused-ring (bicyclic) bond motifs is 1. The highest BCUT2D eigenvalue weighted by Crippen LogP contribution is 2.20. The molecule has 4 nitrogen and oxygen atoms in total. The molecule has 0 radical (unpaired) electrons. The van der Waals surface area contributed by atoms with Crippen molar-refractivity contribution in [1.82, 2.24) is 5.32 Å². The summed E-state index contributed by atoms with van der Waals surface area (Å²) in [7, 11) is 0. The summed E-state index contributed by atoms with van der Waals surface area (Å²) in [6, 6.07) is 14.7. The van der Waals surface area contributed by atoms with Gasteiger partial charge in [0.25, 0.3) is 5.91 Å². The molecule has 0 saturated heterocycles. The second-order valence-corrected chi connectivity index (χ2v) is 5.86. The van der Waals surface area contributed by atoms with Gasteiger partial charge in [0, 0.05) is 18.0 Å². The standard InChI is InChI=1S/C18H16ClNO3/c19-14-7-5-12(6-8-14)9-10-20-17(21)16-11-13-3-1-2-4-15(13)18(22)23-16/h1-8,16H,9-11H2,(H,20,21). The summed E-state index contributed by atoms with van der Waals surface area (Å²) < 4.78 is 5.22. The van der Waals surface area contributed by atoms with Gasteiger partial charge in [0.1, 0.15) is 0 Å². The first-order valence-corrected chi connectivity index (χ1v) is 7.82. The van der Waals surface area contributed by atoms with Crippen molar-refractivity contribution in [3.63, 3.8) is 0 Å². The summed E-state index contributed by atoms with van der Waals surface area (Å²) in [5.41, 5.74) is 2.47. The minimum Gasteiger partial charge on any atom is -0.448 e. The molecule has 0 fully saturated rings. The SMILES string of the molecule is O=C1OC(C(=O)NCCc2ccc(Cl)cc2)Cc2ccccc21. The lowest BCUT2D eigenvalue weighted by molar-refractivity contribution is -0.130. The molecule has 1 amide bonds. The predicted molar refractivity (Wildman–Crippen MR) is 87.5 cm³/mol. The smallest absolute Gasteiger partial charge is 0.339 e. The molecular formula is C18H16ClNO3. The van der Waals surface area contributed by atoms with Gasteiger partial charge in [-0.1, -0.05) is 41.9 Å². The number of cyclic esters (lactones) is 1. The molecular weight excluding hydrogens is 314 g/mol. The molecule has 0 aliphatic carbocycles. The molecule has 23 heavy (non-hydrogen) atoms. The molecule has 2 aromatic carbocycles. The van der Waals surface area contributed by atoms with E-state index in [0.717, 1.165) is 11.1 Å². The molecule has 3 rings (SSSR count). The minimum atomic E-state index is -0.761. The Morgan fingerprint density at radius 3 is 2.70 bits per heavy atom. The lowest BCUT2D eigenvalue weighted by Crippen LogP contribution is -2.42. The van der Waals surface area contributed by atoms with E-state index in [9.17, 15) is 9.59 Å². The Morgan fingerprint density at radius 2 is 1.91 bits per heavy atom. The van der Waals surface area contributed by atoms with Gasteiger partial charge in [-0.05, 0) is 35.7 Å². The van der Waals surface area contributed by atoms with Gasteiger partial charge in [-0.25, -0.2) is 4.79 Å². The van der Waals surface area contributed by atoms with Crippen LogP contribution in [0.4, 0.5) is 0 Å². The van der Waals surface area contributed by atoms with Crippen LogP contribution in [0, 0.1) is 0 Å². The van der Waals surface area contributed by atoms with Crippen LogP contribution in [-0.4, -0.2) is 24.5 Å². The molecule has 5 heteroatoms. The fourth-order valence-corrected chi connectivity index (χ4v) is 2.70. The van der Waals surface area contributed by atoms with Gasteiger partial charge in [0.2, 0.25) is 0 Å². The molecule has 1 heterocycles. The van der Waals surface area contributed by atoms with Crippen LogP contribution in [0.5, 0.6) is 0 Å². The van der Waals surface area contributed by atoms with Crippen molar-refractivity contribution in [3.8, 4) is 0 Å². The fourth-order valence-electron chi connectivity index (χ4n) is 2.57. The highest BCUT2D eigenvalue weighted by atomic mass is 35.5. The quantitative estimate of drug-likeness (QED) is 0.878. The maximum absolute atomic E-state index is 12.2. The average Bonchev–Trinajstić information content (AvgIpc) is 2.56. The third kappa shape index (κ3) is 3.71. The van der Waals surface area contributed by atoms with Crippen molar-refractivity contribution in [2.24, 2.45) is 0 Å². The summed E-state index contributed by atoms with van der Waals surface area (Å²) in [5, 5.41) is 3.50. The Balaban J connectivity index is 1.55. The summed E-state index contributed by atoms with van der Waals surface area (Å²) in [4.78, 5) is 24.1. The van der Waals surface area contributed by atoms with E-state index in [2.05, 4.69) is 5.32 Å². The monoisotopic (exact) mass is 329 g/mol. The van der Waals surface area contributed by atoms with Crippen molar-refractivity contribution < 1.29 is 14.3 Å². The van der Waals surface area contributed by atoms with Crippen LogP contribution in [0.25, 0.3) is 0 Å². The molecule has 118 valence electrons. The first-order chi connectivity index (χ1) is 11.1. The zero-order valence-corrected chi connectivity index (χ0v) is 13.2. The second kappa shape index (κ2) is 6.84. The topological polar surface area (TPSA) is 55.4 Å². The van der Waals surface area contributed by atoms with Crippen LogP contribution < -0.4 is 5.32 Å². The molecule has 1 aliphatic rings. The van der Waals surface area contributed by atoms with E-state index in [1.54, 1.807) is 12.1 Å². The number of esters is 1. The van der Waals surface area contributed by atoms with Crippen LogP contribution >= 0.6 is 11.6 Å². The van der Waals surface area contributed by atoms with E-state index >= 15 is 0 Å². The lowest BCUT2D eigenvalue weighted by atomic mass is 9.98. The van der Waals surface area contributed by atoms with E-state index in [0.29, 0.717) is 30.0 Å². The Kier molecular flexibility index (Phi) is 4.63. The highest BCUT2D eigenvalue weighted by Gasteiger charge is 2.30. The van der Waals surface area contributed by atoms with E-state index in [1.165, 1.54) is 0 Å². The van der Waals surface area contributed by atoms with Gasteiger partial charge < -0.3 is 10.1 Å². The van der Waals surface area contributed by atoms with Crippen molar-refractivity contribution >= 4 is 23.5 Å². The zero-order chi connectivity index (χ0) is 16.2. The number of nitrogens with one attached hydrogen (secondary N) is 1. The molecule has 0 bridgehead atoms. The lowest BCUT2D eigenvalue weighted by Gasteiger charge is -2.23. The Labute approximate surface area is 139 Å². The number of halogens is 1. The van der Waals surface area contributed by atoms with Gasteiger partial charge in [-0.15, -0.1) is 0 Å².